The highest BCUT2D eigenvalue weighted by Gasteiger charge is 2.50. The van der Waals surface area contributed by atoms with Crippen molar-refractivity contribution in [3.63, 3.8) is 0 Å². The molecule has 3 aromatic heterocycles. The SMILES string of the molecule is CCS(=O)(=NC1CC1)C1CC(CC#N)(n2cc(-c3ncnc4c3ccn4-c3ccccc3)cn2)C1. The van der Waals surface area contributed by atoms with E-state index >= 15 is 0 Å². The van der Waals surface area contributed by atoms with Crippen LogP contribution >= 0.6 is 0 Å². The summed E-state index contributed by atoms with van der Waals surface area (Å²) in [6, 6.07) is 14.7. The molecule has 0 N–H and O–H groups in total. The molecule has 2 aliphatic rings. The summed E-state index contributed by atoms with van der Waals surface area (Å²) >= 11 is 0. The lowest BCUT2D eigenvalue weighted by Crippen LogP contribution is -2.52. The van der Waals surface area contributed by atoms with Gasteiger partial charge in [0.2, 0.25) is 0 Å². The Balaban J connectivity index is 1.33. The van der Waals surface area contributed by atoms with Crippen molar-refractivity contribution in [2.24, 2.45) is 4.36 Å². The van der Waals surface area contributed by atoms with Crippen LogP contribution in [-0.2, 0) is 15.3 Å². The third kappa shape index (κ3) is 3.73. The number of para-hydroxylation sites is 1. The number of rotatable bonds is 7. The summed E-state index contributed by atoms with van der Waals surface area (Å²) in [4.78, 5) is 9.10. The summed E-state index contributed by atoms with van der Waals surface area (Å²) < 4.78 is 22.1. The van der Waals surface area contributed by atoms with E-state index in [0.29, 0.717) is 25.0 Å². The number of hydrogen-bond donors (Lipinski definition) is 0. The Morgan fingerprint density at radius 2 is 2.00 bits per heavy atom. The van der Waals surface area contributed by atoms with E-state index in [1.807, 2.05) is 65.0 Å². The summed E-state index contributed by atoms with van der Waals surface area (Å²) in [6.45, 7) is 1.96. The summed E-state index contributed by atoms with van der Waals surface area (Å²) in [5, 5.41) is 15.2. The molecule has 0 amide bonds. The molecule has 1 atom stereocenters. The van der Waals surface area contributed by atoms with Gasteiger partial charge in [0, 0.05) is 49.8 Å². The lowest BCUT2D eigenvalue weighted by molar-refractivity contribution is 0.135. The first-order valence-corrected chi connectivity index (χ1v) is 13.8. The molecule has 1 unspecified atom stereocenters. The zero-order valence-electron chi connectivity index (χ0n) is 19.6. The Morgan fingerprint density at radius 3 is 2.71 bits per heavy atom. The van der Waals surface area contributed by atoms with Gasteiger partial charge in [-0.2, -0.15) is 10.4 Å². The second-order valence-corrected chi connectivity index (χ2v) is 12.4. The molecular weight excluding hydrogens is 458 g/mol. The van der Waals surface area contributed by atoms with Crippen LogP contribution in [0.15, 0.2) is 65.7 Å². The molecule has 2 aliphatic carbocycles. The maximum atomic E-state index is 13.5. The van der Waals surface area contributed by atoms with Crippen LogP contribution in [0.25, 0.3) is 28.0 Å². The van der Waals surface area contributed by atoms with Gasteiger partial charge < -0.3 is 4.57 Å². The van der Waals surface area contributed by atoms with Gasteiger partial charge in [0.25, 0.3) is 0 Å². The molecule has 178 valence electrons. The van der Waals surface area contributed by atoms with Gasteiger partial charge in [0.15, 0.2) is 0 Å². The smallest absolute Gasteiger partial charge is 0.148 e. The number of hydrogen-bond acceptors (Lipinski definition) is 6. The highest BCUT2D eigenvalue weighted by molar-refractivity contribution is 7.94. The maximum absolute atomic E-state index is 13.5. The summed E-state index contributed by atoms with van der Waals surface area (Å²) in [7, 11) is -2.25. The first-order valence-electron chi connectivity index (χ1n) is 12.1. The topological polar surface area (TPSA) is 102 Å². The predicted molar refractivity (Wildman–Crippen MR) is 135 cm³/mol. The van der Waals surface area contributed by atoms with Crippen LogP contribution in [-0.4, -0.2) is 45.6 Å². The van der Waals surface area contributed by atoms with Crippen molar-refractivity contribution in [3.8, 4) is 23.0 Å². The van der Waals surface area contributed by atoms with E-state index in [1.165, 1.54) is 0 Å². The van der Waals surface area contributed by atoms with Crippen molar-refractivity contribution in [1.82, 2.24) is 24.3 Å². The predicted octanol–water partition coefficient (Wildman–Crippen LogP) is 4.71. The molecule has 0 spiro atoms. The van der Waals surface area contributed by atoms with E-state index in [2.05, 4.69) is 21.1 Å². The average molecular weight is 486 g/mol. The summed E-state index contributed by atoms with van der Waals surface area (Å²) in [5.41, 5.74) is 3.10. The normalized spacial score (nSPS) is 23.4. The van der Waals surface area contributed by atoms with Gasteiger partial charge in [-0.05, 0) is 43.9 Å². The monoisotopic (exact) mass is 485 g/mol. The Morgan fingerprint density at radius 1 is 1.20 bits per heavy atom. The summed E-state index contributed by atoms with van der Waals surface area (Å²) in [5.74, 6) is 0.568. The van der Waals surface area contributed by atoms with Crippen LogP contribution in [0.4, 0.5) is 0 Å². The van der Waals surface area contributed by atoms with Crippen LogP contribution in [0.1, 0.15) is 39.0 Å². The van der Waals surface area contributed by atoms with E-state index in [4.69, 9.17) is 4.36 Å². The lowest BCUT2D eigenvalue weighted by Gasteiger charge is -2.47. The molecule has 2 saturated carbocycles. The highest BCUT2D eigenvalue weighted by Crippen LogP contribution is 2.47. The number of benzene rings is 1. The third-order valence-electron chi connectivity index (χ3n) is 7.29. The molecule has 1 aromatic carbocycles. The third-order valence-corrected chi connectivity index (χ3v) is 10.1. The summed E-state index contributed by atoms with van der Waals surface area (Å²) in [6.07, 6.45) is 11.1. The maximum Gasteiger partial charge on any atom is 0.148 e. The van der Waals surface area contributed by atoms with Crippen LogP contribution < -0.4 is 0 Å². The van der Waals surface area contributed by atoms with Crippen molar-refractivity contribution in [3.05, 3.63) is 61.3 Å². The van der Waals surface area contributed by atoms with Crippen molar-refractivity contribution in [1.29, 1.82) is 5.26 Å². The van der Waals surface area contributed by atoms with Crippen LogP contribution in [0.2, 0.25) is 0 Å². The number of nitriles is 1. The van der Waals surface area contributed by atoms with Crippen LogP contribution in [0, 0.1) is 11.3 Å². The molecule has 3 heterocycles. The highest BCUT2D eigenvalue weighted by atomic mass is 32.2. The lowest BCUT2D eigenvalue weighted by atomic mass is 9.74. The van der Waals surface area contributed by atoms with E-state index in [-0.39, 0.29) is 11.3 Å². The molecular formula is C26H27N7OS. The van der Waals surface area contributed by atoms with Gasteiger partial charge in [-0.15, -0.1) is 0 Å². The molecule has 0 aliphatic heterocycles. The molecule has 8 nitrogen and oxygen atoms in total. The molecule has 0 radical (unpaired) electrons. The van der Waals surface area contributed by atoms with Gasteiger partial charge >= 0.3 is 0 Å². The first-order chi connectivity index (χ1) is 17.0. The average Bonchev–Trinajstić information content (AvgIpc) is 3.35. The molecule has 4 aromatic rings. The van der Waals surface area contributed by atoms with Gasteiger partial charge in [-0.25, -0.2) is 18.5 Å². The van der Waals surface area contributed by atoms with Gasteiger partial charge in [-0.3, -0.25) is 4.68 Å². The van der Waals surface area contributed by atoms with E-state index < -0.39 is 15.3 Å². The minimum absolute atomic E-state index is 0.0137. The van der Waals surface area contributed by atoms with Gasteiger partial charge in [-0.1, -0.05) is 25.1 Å². The van der Waals surface area contributed by atoms with E-state index in [9.17, 15) is 9.47 Å². The first kappa shape index (κ1) is 22.0. The standard InChI is InChI=1S/C26H27N7OS/c1-2-35(34,31-20-8-9-20)22-14-26(15-22,11-12-27)33-17-19(16-30-33)24-23-10-13-32(25(23)29-18-28-24)21-6-4-3-5-7-21/h3-7,10,13,16-18,20,22H,2,8-9,11,14-15H2,1H3. The van der Waals surface area contributed by atoms with Gasteiger partial charge in [0.1, 0.15) is 12.0 Å². The second kappa shape index (κ2) is 8.31. The fourth-order valence-corrected chi connectivity index (χ4v) is 7.77. The Kier molecular flexibility index (Phi) is 5.22. The molecule has 35 heavy (non-hydrogen) atoms. The van der Waals surface area contributed by atoms with Crippen molar-refractivity contribution in [2.45, 2.75) is 55.9 Å². The Bertz CT molecular complexity index is 1550. The zero-order chi connectivity index (χ0) is 24.0. The molecule has 0 bridgehead atoms. The molecule has 0 saturated heterocycles. The van der Waals surface area contributed by atoms with E-state index in [0.717, 1.165) is 40.8 Å². The van der Waals surface area contributed by atoms with E-state index in [1.54, 1.807) is 12.5 Å². The molecule has 9 heteroatoms. The van der Waals surface area contributed by atoms with Gasteiger partial charge in [0.05, 0.1) is 36.0 Å². The fraction of sp³-hybridized carbons (Fsp3) is 0.385. The number of aromatic nitrogens is 5. The minimum atomic E-state index is -2.25. The Hall–Kier alpha value is -3.51. The van der Waals surface area contributed by atoms with Crippen molar-refractivity contribution < 1.29 is 4.21 Å². The largest absolute Gasteiger partial charge is 0.301 e. The second-order valence-electron chi connectivity index (χ2n) is 9.56. The van der Waals surface area contributed by atoms with Crippen molar-refractivity contribution in [2.75, 3.05) is 5.75 Å². The van der Waals surface area contributed by atoms with Crippen LogP contribution in [0.3, 0.4) is 0 Å². The zero-order valence-corrected chi connectivity index (χ0v) is 20.4. The fourth-order valence-electron chi connectivity index (χ4n) is 5.12. The number of fused-ring (bicyclic) bond motifs is 1. The minimum Gasteiger partial charge on any atom is -0.301 e. The molecule has 6 rings (SSSR count). The van der Waals surface area contributed by atoms with Crippen molar-refractivity contribution >= 4 is 20.8 Å². The number of nitrogens with zero attached hydrogens (tertiary/aromatic N) is 7. The molecule has 2 fully saturated rings. The Labute approximate surface area is 204 Å². The van der Waals surface area contributed by atoms with Crippen LogP contribution in [0.5, 0.6) is 0 Å². The quantitative estimate of drug-likeness (QED) is 0.377.